The van der Waals surface area contributed by atoms with Crippen molar-refractivity contribution in [3.63, 3.8) is 0 Å². The third-order valence-electron chi connectivity index (χ3n) is 1.91. The molecule has 0 saturated carbocycles. The van der Waals surface area contributed by atoms with Crippen LogP contribution in [0.25, 0.3) is 0 Å². The smallest absolute Gasteiger partial charge is 0.317 e. The second-order valence-corrected chi connectivity index (χ2v) is 5.64. The van der Waals surface area contributed by atoms with Crippen molar-refractivity contribution >= 4 is 33.3 Å². The van der Waals surface area contributed by atoms with E-state index in [9.17, 15) is 4.79 Å². The summed E-state index contributed by atoms with van der Waals surface area (Å²) >= 11 is 5.03. The second-order valence-electron chi connectivity index (χ2n) is 3.35. The van der Waals surface area contributed by atoms with Gasteiger partial charge < -0.3 is 10.2 Å². The van der Waals surface area contributed by atoms with Crippen LogP contribution in [0.15, 0.2) is 15.2 Å². The van der Waals surface area contributed by atoms with Crippen LogP contribution in [0.5, 0.6) is 0 Å². The number of nitrogens with zero attached hydrogens (tertiary/aromatic N) is 1. The van der Waals surface area contributed by atoms with E-state index in [0.29, 0.717) is 6.54 Å². The molecule has 0 bridgehead atoms. The number of amides is 2. The zero-order valence-electron chi connectivity index (χ0n) is 8.92. The number of urea groups is 1. The molecule has 5 heteroatoms. The number of thiophene rings is 1. The largest absolute Gasteiger partial charge is 0.338 e. The standard InChI is InChI=1S/C10H15BrN2OS/c1-3-4-12-10(14)13(2)6-8-5-9(11)15-7-8/h5,7H,3-4,6H2,1-2H3,(H,12,14). The van der Waals surface area contributed by atoms with Gasteiger partial charge in [-0.1, -0.05) is 6.92 Å². The summed E-state index contributed by atoms with van der Waals surface area (Å²) in [4.78, 5) is 13.2. The summed E-state index contributed by atoms with van der Waals surface area (Å²) in [6.07, 6.45) is 0.962. The van der Waals surface area contributed by atoms with Crippen LogP contribution in [0.3, 0.4) is 0 Å². The highest BCUT2D eigenvalue weighted by atomic mass is 79.9. The summed E-state index contributed by atoms with van der Waals surface area (Å²) in [5.74, 6) is 0. The Morgan fingerprint density at radius 1 is 1.67 bits per heavy atom. The van der Waals surface area contributed by atoms with Gasteiger partial charge in [0.2, 0.25) is 0 Å². The maximum Gasteiger partial charge on any atom is 0.317 e. The number of hydrogen-bond donors (Lipinski definition) is 1. The quantitative estimate of drug-likeness (QED) is 0.908. The molecule has 0 fully saturated rings. The fraction of sp³-hybridized carbons (Fsp3) is 0.500. The van der Waals surface area contributed by atoms with Gasteiger partial charge in [-0.05, 0) is 39.4 Å². The Kier molecular flexibility index (Phi) is 5.11. The molecule has 15 heavy (non-hydrogen) atoms. The van der Waals surface area contributed by atoms with Crippen molar-refractivity contribution in [2.45, 2.75) is 19.9 Å². The maximum absolute atomic E-state index is 11.5. The molecule has 84 valence electrons. The maximum atomic E-state index is 11.5. The molecule has 0 aliphatic heterocycles. The minimum absolute atomic E-state index is 0.0147. The highest BCUT2D eigenvalue weighted by Crippen LogP contribution is 2.21. The van der Waals surface area contributed by atoms with Crippen molar-refractivity contribution in [3.8, 4) is 0 Å². The van der Waals surface area contributed by atoms with E-state index in [1.807, 2.05) is 18.4 Å². The Morgan fingerprint density at radius 2 is 2.40 bits per heavy atom. The van der Waals surface area contributed by atoms with Gasteiger partial charge in [0.05, 0.1) is 3.79 Å². The predicted molar refractivity (Wildman–Crippen MR) is 67.2 cm³/mol. The minimum Gasteiger partial charge on any atom is -0.338 e. The van der Waals surface area contributed by atoms with Gasteiger partial charge in [-0.3, -0.25) is 0 Å². The van der Waals surface area contributed by atoms with Gasteiger partial charge in [-0.15, -0.1) is 11.3 Å². The molecule has 0 atom stereocenters. The number of nitrogens with one attached hydrogen (secondary N) is 1. The van der Waals surface area contributed by atoms with E-state index in [-0.39, 0.29) is 6.03 Å². The van der Waals surface area contributed by atoms with Gasteiger partial charge >= 0.3 is 6.03 Å². The molecular weight excluding hydrogens is 276 g/mol. The third kappa shape index (κ3) is 4.22. The average molecular weight is 291 g/mol. The SMILES string of the molecule is CCCNC(=O)N(C)Cc1csc(Br)c1. The third-order valence-corrected chi connectivity index (χ3v) is 3.47. The summed E-state index contributed by atoms with van der Waals surface area (Å²) in [5, 5.41) is 4.89. The fourth-order valence-corrected chi connectivity index (χ4v) is 2.34. The van der Waals surface area contributed by atoms with Crippen molar-refractivity contribution in [3.05, 3.63) is 20.8 Å². The zero-order chi connectivity index (χ0) is 11.3. The molecule has 0 spiro atoms. The molecule has 1 N–H and O–H groups in total. The number of halogens is 1. The van der Waals surface area contributed by atoms with Crippen molar-refractivity contribution in [2.75, 3.05) is 13.6 Å². The van der Waals surface area contributed by atoms with Crippen molar-refractivity contribution in [2.24, 2.45) is 0 Å². The van der Waals surface area contributed by atoms with E-state index in [1.54, 1.807) is 23.3 Å². The van der Waals surface area contributed by atoms with Crippen LogP contribution in [-0.2, 0) is 6.54 Å². The van der Waals surface area contributed by atoms with Gasteiger partial charge in [-0.25, -0.2) is 4.79 Å². The highest BCUT2D eigenvalue weighted by molar-refractivity contribution is 9.11. The van der Waals surface area contributed by atoms with Gasteiger partial charge in [0.1, 0.15) is 0 Å². The Labute approximate surface area is 103 Å². The van der Waals surface area contributed by atoms with Crippen molar-refractivity contribution in [1.29, 1.82) is 0 Å². The minimum atomic E-state index is -0.0147. The summed E-state index contributed by atoms with van der Waals surface area (Å²) in [5.41, 5.74) is 1.15. The Morgan fingerprint density at radius 3 is 2.93 bits per heavy atom. The number of carbonyl (C=O) groups is 1. The zero-order valence-corrected chi connectivity index (χ0v) is 11.3. The van der Waals surface area contributed by atoms with Crippen LogP contribution in [0, 0.1) is 0 Å². The number of carbonyl (C=O) groups excluding carboxylic acids is 1. The highest BCUT2D eigenvalue weighted by Gasteiger charge is 2.08. The van der Waals surface area contributed by atoms with Gasteiger partial charge in [0, 0.05) is 20.1 Å². The van der Waals surface area contributed by atoms with Gasteiger partial charge in [-0.2, -0.15) is 0 Å². The van der Waals surface area contributed by atoms with Gasteiger partial charge in [0.15, 0.2) is 0 Å². The van der Waals surface area contributed by atoms with E-state index in [0.717, 1.165) is 22.3 Å². The Hall–Kier alpha value is -0.550. The lowest BCUT2D eigenvalue weighted by atomic mass is 10.3. The first-order valence-corrected chi connectivity index (χ1v) is 6.52. The summed E-state index contributed by atoms with van der Waals surface area (Å²) < 4.78 is 1.10. The molecule has 0 radical (unpaired) electrons. The van der Waals surface area contributed by atoms with E-state index in [1.165, 1.54) is 0 Å². The second kappa shape index (κ2) is 6.12. The summed E-state index contributed by atoms with van der Waals surface area (Å²) in [6, 6.07) is 2.02. The lowest BCUT2D eigenvalue weighted by Gasteiger charge is -2.16. The first-order chi connectivity index (χ1) is 7.13. The van der Waals surface area contributed by atoms with E-state index in [2.05, 4.69) is 21.2 Å². The molecule has 1 aromatic heterocycles. The molecular formula is C10H15BrN2OS. The molecule has 0 aliphatic rings. The Bertz CT molecular complexity index is 327. The monoisotopic (exact) mass is 290 g/mol. The molecule has 0 aliphatic carbocycles. The topological polar surface area (TPSA) is 32.3 Å². The molecule has 1 aromatic rings. The molecule has 0 unspecified atom stereocenters. The number of hydrogen-bond acceptors (Lipinski definition) is 2. The van der Waals surface area contributed by atoms with Crippen LogP contribution in [-0.4, -0.2) is 24.5 Å². The summed E-state index contributed by atoms with van der Waals surface area (Å²) in [7, 11) is 1.80. The van der Waals surface area contributed by atoms with E-state index >= 15 is 0 Å². The van der Waals surface area contributed by atoms with E-state index in [4.69, 9.17) is 0 Å². The molecule has 0 saturated heterocycles. The lowest BCUT2D eigenvalue weighted by molar-refractivity contribution is 0.207. The Balaban J connectivity index is 2.41. The normalized spacial score (nSPS) is 10.1. The van der Waals surface area contributed by atoms with Crippen LogP contribution >= 0.6 is 27.3 Å². The summed E-state index contributed by atoms with van der Waals surface area (Å²) in [6.45, 7) is 3.42. The van der Waals surface area contributed by atoms with Crippen LogP contribution in [0.1, 0.15) is 18.9 Å². The lowest BCUT2D eigenvalue weighted by Crippen LogP contribution is -2.36. The fourth-order valence-electron chi connectivity index (χ4n) is 1.14. The van der Waals surface area contributed by atoms with Crippen LogP contribution in [0.4, 0.5) is 4.79 Å². The van der Waals surface area contributed by atoms with Gasteiger partial charge in [0.25, 0.3) is 0 Å². The molecule has 0 aromatic carbocycles. The molecule has 1 heterocycles. The first kappa shape index (κ1) is 12.5. The number of rotatable bonds is 4. The first-order valence-electron chi connectivity index (χ1n) is 4.85. The molecule has 1 rings (SSSR count). The van der Waals surface area contributed by atoms with E-state index < -0.39 is 0 Å². The van der Waals surface area contributed by atoms with Crippen molar-refractivity contribution < 1.29 is 4.79 Å². The molecule has 2 amide bonds. The van der Waals surface area contributed by atoms with Crippen LogP contribution < -0.4 is 5.32 Å². The molecule has 3 nitrogen and oxygen atoms in total. The average Bonchev–Trinajstić information content (AvgIpc) is 2.60. The predicted octanol–water partition coefficient (Wildman–Crippen LogP) is 3.06. The van der Waals surface area contributed by atoms with Crippen LogP contribution in [0.2, 0.25) is 0 Å². The van der Waals surface area contributed by atoms with Crippen molar-refractivity contribution in [1.82, 2.24) is 10.2 Å².